The summed E-state index contributed by atoms with van der Waals surface area (Å²) in [5.74, 6) is 0. The molecule has 0 bridgehead atoms. The van der Waals surface area contributed by atoms with Crippen LogP contribution in [0.4, 0.5) is 11.4 Å². The number of hydrogen-bond acceptors (Lipinski definition) is 2. The lowest BCUT2D eigenvalue weighted by atomic mass is 10.2. The zero-order valence-electron chi connectivity index (χ0n) is 11.3. The Morgan fingerprint density at radius 2 is 0.947 bits per heavy atom. The molecule has 0 saturated heterocycles. The molecule has 19 heavy (non-hydrogen) atoms. The Kier molecular flexibility index (Phi) is 5.81. The van der Waals surface area contributed by atoms with Crippen molar-refractivity contribution < 1.29 is 0 Å². The first-order valence-corrected chi connectivity index (χ1v) is 7.03. The van der Waals surface area contributed by atoms with Gasteiger partial charge in [-0.2, -0.15) is 0 Å². The van der Waals surface area contributed by atoms with Crippen molar-refractivity contribution >= 4 is 11.4 Å². The molecule has 2 aromatic carbocycles. The van der Waals surface area contributed by atoms with Gasteiger partial charge in [0.15, 0.2) is 0 Å². The Bertz CT molecular complexity index is 396. The second-order valence-corrected chi connectivity index (χ2v) is 4.65. The molecule has 0 aromatic heterocycles. The molecule has 0 fully saturated rings. The summed E-state index contributed by atoms with van der Waals surface area (Å²) in [4.78, 5) is 0. The Balaban J connectivity index is 1.49. The van der Waals surface area contributed by atoms with Crippen LogP contribution >= 0.6 is 0 Å². The van der Waals surface area contributed by atoms with Crippen molar-refractivity contribution in [3.05, 3.63) is 60.7 Å². The summed E-state index contributed by atoms with van der Waals surface area (Å²) in [6.07, 6.45) is 3.68. The van der Waals surface area contributed by atoms with Gasteiger partial charge in [0, 0.05) is 24.5 Å². The normalized spacial score (nSPS) is 10.1. The minimum atomic E-state index is 1.05. The quantitative estimate of drug-likeness (QED) is 0.683. The molecule has 2 nitrogen and oxygen atoms in total. The molecule has 2 rings (SSSR count). The van der Waals surface area contributed by atoms with Gasteiger partial charge in [-0.05, 0) is 43.5 Å². The molecular weight excluding hydrogens is 232 g/mol. The van der Waals surface area contributed by atoms with Crippen LogP contribution in [0, 0.1) is 0 Å². The molecule has 0 atom stereocenters. The zero-order valence-corrected chi connectivity index (χ0v) is 11.3. The summed E-state index contributed by atoms with van der Waals surface area (Å²) in [5, 5.41) is 6.87. The highest BCUT2D eigenvalue weighted by atomic mass is 14.9. The Morgan fingerprint density at radius 3 is 1.37 bits per heavy atom. The Hall–Kier alpha value is -1.96. The molecule has 0 radical (unpaired) electrons. The predicted octanol–water partition coefficient (Wildman–Crippen LogP) is 4.38. The third-order valence-electron chi connectivity index (χ3n) is 3.06. The largest absolute Gasteiger partial charge is 0.385 e. The number of nitrogens with one attached hydrogen (secondary N) is 2. The molecule has 0 amide bonds. The molecule has 0 spiro atoms. The molecule has 0 unspecified atom stereocenters. The van der Waals surface area contributed by atoms with Crippen molar-refractivity contribution in [3.63, 3.8) is 0 Å². The maximum Gasteiger partial charge on any atom is 0.0340 e. The van der Waals surface area contributed by atoms with Crippen LogP contribution in [0.25, 0.3) is 0 Å². The van der Waals surface area contributed by atoms with Gasteiger partial charge in [-0.15, -0.1) is 0 Å². The third kappa shape index (κ3) is 5.47. The van der Waals surface area contributed by atoms with Gasteiger partial charge in [0.05, 0.1) is 0 Å². The summed E-state index contributed by atoms with van der Waals surface area (Å²) in [7, 11) is 0. The van der Waals surface area contributed by atoms with Gasteiger partial charge in [0.2, 0.25) is 0 Å². The fraction of sp³-hybridized carbons (Fsp3) is 0.294. The van der Waals surface area contributed by atoms with Gasteiger partial charge in [0.25, 0.3) is 0 Å². The summed E-state index contributed by atoms with van der Waals surface area (Å²) in [5.41, 5.74) is 2.43. The standard InChI is InChI=1S/C17H22N2/c1-4-10-16(11-5-1)18-14-8-3-9-15-19-17-12-6-2-7-13-17/h1-2,4-7,10-13,18-19H,3,8-9,14-15H2. The Morgan fingerprint density at radius 1 is 0.526 bits per heavy atom. The van der Waals surface area contributed by atoms with E-state index < -0.39 is 0 Å². The van der Waals surface area contributed by atoms with Gasteiger partial charge < -0.3 is 10.6 Å². The van der Waals surface area contributed by atoms with Crippen molar-refractivity contribution in [2.75, 3.05) is 23.7 Å². The van der Waals surface area contributed by atoms with E-state index in [-0.39, 0.29) is 0 Å². The Labute approximate surface area is 115 Å². The summed E-state index contributed by atoms with van der Waals surface area (Å²) < 4.78 is 0. The molecule has 2 N–H and O–H groups in total. The molecule has 0 aliphatic heterocycles. The van der Waals surface area contributed by atoms with Gasteiger partial charge in [0.1, 0.15) is 0 Å². The van der Waals surface area contributed by atoms with Crippen LogP contribution in [0.2, 0.25) is 0 Å². The summed E-state index contributed by atoms with van der Waals surface area (Å²) in [6.45, 7) is 2.10. The van der Waals surface area contributed by atoms with Crippen LogP contribution in [0.3, 0.4) is 0 Å². The monoisotopic (exact) mass is 254 g/mol. The molecule has 0 heterocycles. The first-order valence-electron chi connectivity index (χ1n) is 7.03. The van der Waals surface area contributed by atoms with E-state index in [0.717, 1.165) is 13.1 Å². The number of rotatable bonds is 8. The van der Waals surface area contributed by atoms with Crippen molar-refractivity contribution in [1.82, 2.24) is 0 Å². The highest BCUT2D eigenvalue weighted by molar-refractivity contribution is 5.42. The number of para-hydroxylation sites is 2. The fourth-order valence-electron chi connectivity index (χ4n) is 2.00. The average Bonchev–Trinajstić information content (AvgIpc) is 2.48. The van der Waals surface area contributed by atoms with Crippen molar-refractivity contribution in [3.8, 4) is 0 Å². The van der Waals surface area contributed by atoms with Crippen LogP contribution in [0.15, 0.2) is 60.7 Å². The lowest BCUT2D eigenvalue weighted by Crippen LogP contribution is -2.04. The van der Waals surface area contributed by atoms with E-state index in [0.29, 0.717) is 0 Å². The lowest BCUT2D eigenvalue weighted by molar-refractivity contribution is 0.721. The van der Waals surface area contributed by atoms with Gasteiger partial charge in [-0.3, -0.25) is 0 Å². The van der Waals surface area contributed by atoms with Crippen LogP contribution < -0.4 is 10.6 Å². The SMILES string of the molecule is c1ccc(NCCCCCNc2ccccc2)cc1. The molecule has 0 saturated carbocycles. The molecule has 0 aliphatic carbocycles. The second-order valence-electron chi connectivity index (χ2n) is 4.65. The van der Waals surface area contributed by atoms with E-state index in [4.69, 9.17) is 0 Å². The zero-order chi connectivity index (χ0) is 13.2. The third-order valence-corrected chi connectivity index (χ3v) is 3.06. The summed E-state index contributed by atoms with van der Waals surface area (Å²) >= 11 is 0. The lowest BCUT2D eigenvalue weighted by Gasteiger charge is -2.07. The van der Waals surface area contributed by atoms with Gasteiger partial charge >= 0.3 is 0 Å². The molecule has 0 aliphatic rings. The van der Waals surface area contributed by atoms with Crippen LogP contribution in [-0.2, 0) is 0 Å². The smallest absolute Gasteiger partial charge is 0.0340 e. The number of hydrogen-bond donors (Lipinski definition) is 2. The second kappa shape index (κ2) is 8.20. The first-order chi connectivity index (χ1) is 9.45. The van der Waals surface area contributed by atoms with Crippen molar-refractivity contribution in [2.24, 2.45) is 0 Å². The molecule has 2 heteroatoms. The fourth-order valence-corrected chi connectivity index (χ4v) is 2.00. The minimum absolute atomic E-state index is 1.05. The average molecular weight is 254 g/mol. The topological polar surface area (TPSA) is 24.1 Å². The van der Waals surface area contributed by atoms with E-state index in [1.807, 2.05) is 12.1 Å². The number of anilines is 2. The van der Waals surface area contributed by atoms with Crippen LogP contribution in [-0.4, -0.2) is 13.1 Å². The van der Waals surface area contributed by atoms with Crippen LogP contribution in [0.1, 0.15) is 19.3 Å². The molecular formula is C17H22N2. The van der Waals surface area contributed by atoms with E-state index in [2.05, 4.69) is 59.2 Å². The highest BCUT2D eigenvalue weighted by Gasteiger charge is 1.92. The summed E-state index contributed by atoms with van der Waals surface area (Å²) in [6, 6.07) is 20.8. The van der Waals surface area contributed by atoms with Gasteiger partial charge in [-0.1, -0.05) is 36.4 Å². The predicted molar refractivity (Wildman–Crippen MR) is 83.7 cm³/mol. The molecule has 2 aromatic rings. The first kappa shape index (κ1) is 13.5. The van der Waals surface area contributed by atoms with Crippen LogP contribution in [0.5, 0.6) is 0 Å². The van der Waals surface area contributed by atoms with E-state index in [9.17, 15) is 0 Å². The van der Waals surface area contributed by atoms with E-state index >= 15 is 0 Å². The number of benzene rings is 2. The van der Waals surface area contributed by atoms with Crippen molar-refractivity contribution in [1.29, 1.82) is 0 Å². The van der Waals surface area contributed by atoms with Crippen molar-refractivity contribution in [2.45, 2.75) is 19.3 Å². The minimum Gasteiger partial charge on any atom is -0.385 e. The maximum atomic E-state index is 3.43. The van der Waals surface area contributed by atoms with E-state index in [1.165, 1.54) is 30.6 Å². The highest BCUT2D eigenvalue weighted by Crippen LogP contribution is 2.07. The molecule has 100 valence electrons. The number of unbranched alkanes of at least 4 members (excludes halogenated alkanes) is 2. The van der Waals surface area contributed by atoms with E-state index in [1.54, 1.807) is 0 Å². The van der Waals surface area contributed by atoms with Gasteiger partial charge in [-0.25, -0.2) is 0 Å². The maximum absolute atomic E-state index is 3.43.